The van der Waals surface area contributed by atoms with E-state index in [1.54, 1.807) is 0 Å². The van der Waals surface area contributed by atoms with Gasteiger partial charge in [-0.05, 0) is 48.1 Å². The number of aryl methyl sites for hydroxylation is 2. The van der Waals surface area contributed by atoms with Gasteiger partial charge in [-0.2, -0.15) is 0 Å². The summed E-state index contributed by atoms with van der Waals surface area (Å²) < 4.78 is 0. The van der Waals surface area contributed by atoms with Crippen molar-refractivity contribution in [1.82, 2.24) is 4.98 Å². The molecule has 1 aromatic heterocycles. The van der Waals surface area contributed by atoms with Crippen LogP contribution in [0.3, 0.4) is 0 Å². The summed E-state index contributed by atoms with van der Waals surface area (Å²) in [7, 11) is 0. The predicted octanol–water partition coefficient (Wildman–Crippen LogP) is 4.36. The maximum Gasteiger partial charge on any atom is 0.234 e. The molecule has 0 radical (unpaired) electrons. The average molecular weight is 389 g/mol. The van der Waals surface area contributed by atoms with Gasteiger partial charge in [-0.15, -0.1) is 11.3 Å². The third kappa shape index (κ3) is 3.10. The number of benzene rings is 2. The van der Waals surface area contributed by atoms with E-state index >= 15 is 0 Å². The SMILES string of the molecule is O=C1CC(C(=O)Nc2nc(-c3ccc4c(c3)CCC4)cs2)c2ccccc2N1. The molecule has 3 aromatic rings. The van der Waals surface area contributed by atoms with Crippen molar-refractivity contribution in [1.29, 1.82) is 0 Å². The summed E-state index contributed by atoms with van der Waals surface area (Å²) in [6, 6.07) is 13.9. The number of hydrogen-bond donors (Lipinski definition) is 2. The number of nitrogens with zero attached hydrogens (tertiary/aromatic N) is 1. The lowest BCUT2D eigenvalue weighted by Gasteiger charge is -2.24. The molecule has 1 aliphatic carbocycles. The number of aromatic nitrogens is 1. The van der Waals surface area contributed by atoms with E-state index in [0.29, 0.717) is 10.8 Å². The summed E-state index contributed by atoms with van der Waals surface area (Å²) >= 11 is 1.41. The average Bonchev–Trinajstić information content (AvgIpc) is 3.35. The molecule has 1 unspecified atom stereocenters. The maximum absolute atomic E-state index is 12.9. The fourth-order valence-electron chi connectivity index (χ4n) is 4.03. The molecule has 2 N–H and O–H groups in total. The summed E-state index contributed by atoms with van der Waals surface area (Å²) in [4.78, 5) is 29.4. The Hall–Kier alpha value is -2.99. The molecule has 0 saturated heterocycles. The number of thiazole rings is 1. The third-order valence-corrected chi connectivity index (χ3v) is 6.20. The van der Waals surface area contributed by atoms with Crippen LogP contribution >= 0.6 is 11.3 Å². The van der Waals surface area contributed by atoms with Crippen LogP contribution in [-0.4, -0.2) is 16.8 Å². The summed E-state index contributed by atoms with van der Waals surface area (Å²) in [5.41, 5.74) is 6.34. The van der Waals surface area contributed by atoms with E-state index in [9.17, 15) is 9.59 Å². The molecule has 6 heteroatoms. The molecule has 28 heavy (non-hydrogen) atoms. The van der Waals surface area contributed by atoms with Gasteiger partial charge in [0.1, 0.15) is 0 Å². The highest BCUT2D eigenvalue weighted by Gasteiger charge is 2.30. The lowest BCUT2D eigenvalue weighted by Crippen LogP contribution is -2.30. The molecule has 1 aliphatic heterocycles. The quantitative estimate of drug-likeness (QED) is 0.699. The van der Waals surface area contributed by atoms with Gasteiger partial charge in [0, 0.05) is 23.1 Å². The van der Waals surface area contributed by atoms with Gasteiger partial charge in [0.2, 0.25) is 11.8 Å². The minimum absolute atomic E-state index is 0.142. The minimum Gasteiger partial charge on any atom is -0.326 e. The standard InChI is InChI=1S/C22H19N3O2S/c26-20-11-17(16-6-1-2-7-18(16)23-20)21(27)25-22-24-19(12-28-22)15-9-8-13-4-3-5-14(13)10-15/h1-2,6-10,12,17H,3-5,11H2,(H,23,26)(H,24,25,27). The number of carbonyl (C=O) groups excluding carboxylic acids is 2. The van der Waals surface area contributed by atoms with Gasteiger partial charge < -0.3 is 10.6 Å². The van der Waals surface area contributed by atoms with Crippen molar-refractivity contribution in [2.75, 3.05) is 10.6 Å². The monoisotopic (exact) mass is 389 g/mol. The van der Waals surface area contributed by atoms with Crippen molar-refractivity contribution in [2.45, 2.75) is 31.6 Å². The fraction of sp³-hybridized carbons (Fsp3) is 0.227. The van der Waals surface area contributed by atoms with Gasteiger partial charge in [0.05, 0.1) is 11.6 Å². The van der Waals surface area contributed by atoms with E-state index in [2.05, 4.69) is 33.8 Å². The fourth-order valence-corrected chi connectivity index (χ4v) is 4.76. The van der Waals surface area contributed by atoms with Gasteiger partial charge in [-0.1, -0.05) is 30.3 Å². The molecule has 1 atom stereocenters. The molecule has 0 fully saturated rings. The molecule has 5 rings (SSSR count). The topological polar surface area (TPSA) is 71.1 Å². The van der Waals surface area contributed by atoms with Crippen LogP contribution in [0, 0.1) is 0 Å². The highest BCUT2D eigenvalue weighted by atomic mass is 32.1. The lowest BCUT2D eigenvalue weighted by atomic mass is 9.90. The Morgan fingerprint density at radius 3 is 2.93 bits per heavy atom. The van der Waals surface area contributed by atoms with Gasteiger partial charge in [-0.3, -0.25) is 9.59 Å². The molecule has 0 spiro atoms. The molecule has 0 saturated carbocycles. The first-order valence-electron chi connectivity index (χ1n) is 9.45. The second kappa shape index (κ2) is 6.87. The second-order valence-corrected chi connectivity index (χ2v) is 8.11. The van der Waals surface area contributed by atoms with E-state index in [1.807, 2.05) is 29.6 Å². The Morgan fingerprint density at radius 2 is 2.00 bits per heavy atom. The Bertz CT molecular complexity index is 1090. The number of amides is 2. The van der Waals surface area contributed by atoms with E-state index in [1.165, 1.54) is 28.9 Å². The van der Waals surface area contributed by atoms with Crippen LogP contribution in [0.4, 0.5) is 10.8 Å². The number of rotatable bonds is 3. The predicted molar refractivity (Wildman–Crippen MR) is 111 cm³/mol. The minimum atomic E-state index is -0.503. The molecule has 140 valence electrons. The zero-order valence-electron chi connectivity index (χ0n) is 15.2. The van der Waals surface area contributed by atoms with Gasteiger partial charge in [0.15, 0.2) is 5.13 Å². The number of anilines is 2. The highest BCUT2D eigenvalue weighted by Crippen LogP contribution is 2.34. The van der Waals surface area contributed by atoms with E-state index in [0.717, 1.165) is 29.7 Å². The van der Waals surface area contributed by atoms with Gasteiger partial charge in [0.25, 0.3) is 0 Å². The van der Waals surface area contributed by atoms with Crippen LogP contribution in [0.25, 0.3) is 11.3 Å². The largest absolute Gasteiger partial charge is 0.326 e. The van der Waals surface area contributed by atoms with E-state index in [4.69, 9.17) is 0 Å². The van der Waals surface area contributed by atoms with Crippen molar-refractivity contribution in [3.63, 3.8) is 0 Å². The molecule has 2 aliphatic rings. The normalized spacial score (nSPS) is 17.6. The van der Waals surface area contributed by atoms with Gasteiger partial charge in [-0.25, -0.2) is 4.98 Å². The molecule has 5 nitrogen and oxygen atoms in total. The number of hydrogen-bond acceptors (Lipinski definition) is 4. The van der Waals surface area contributed by atoms with Crippen molar-refractivity contribution in [2.24, 2.45) is 0 Å². The third-order valence-electron chi connectivity index (χ3n) is 5.44. The number of nitrogens with one attached hydrogen (secondary N) is 2. The Morgan fingerprint density at radius 1 is 1.14 bits per heavy atom. The highest BCUT2D eigenvalue weighted by molar-refractivity contribution is 7.14. The molecule has 2 aromatic carbocycles. The van der Waals surface area contributed by atoms with E-state index < -0.39 is 5.92 Å². The van der Waals surface area contributed by atoms with Crippen LogP contribution < -0.4 is 10.6 Å². The summed E-state index contributed by atoms with van der Waals surface area (Å²) in [5, 5.41) is 8.25. The Balaban J connectivity index is 1.36. The zero-order valence-corrected chi connectivity index (χ0v) is 16.0. The van der Waals surface area contributed by atoms with Crippen molar-refractivity contribution in [3.05, 3.63) is 64.5 Å². The molecular formula is C22H19N3O2S. The first-order chi connectivity index (χ1) is 13.7. The van der Waals surface area contributed by atoms with Crippen LogP contribution in [0.1, 0.15) is 35.4 Å². The van der Waals surface area contributed by atoms with Crippen molar-refractivity contribution in [3.8, 4) is 11.3 Å². The molecular weight excluding hydrogens is 370 g/mol. The van der Waals surface area contributed by atoms with Gasteiger partial charge >= 0.3 is 0 Å². The summed E-state index contributed by atoms with van der Waals surface area (Å²) in [6.45, 7) is 0. The summed E-state index contributed by atoms with van der Waals surface area (Å²) in [5.74, 6) is -0.841. The smallest absolute Gasteiger partial charge is 0.234 e. The number of para-hydroxylation sites is 1. The van der Waals surface area contributed by atoms with Crippen LogP contribution in [-0.2, 0) is 22.4 Å². The Kier molecular flexibility index (Phi) is 4.20. The lowest BCUT2D eigenvalue weighted by molar-refractivity contribution is -0.123. The van der Waals surface area contributed by atoms with Crippen molar-refractivity contribution >= 4 is 34.0 Å². The summed E-state index contributed by atoms with van der Waals surface area (Å²) in [6.07, 6.45) is 3.64. The van der Waals surface area contributed by atoms with Crippen LogP contribution in [0.15, 0.2) is 47.8 Å². The second-order valence-electron chi connectivity index (χ2n) is 7.26. The van der Waals surface area contributed by atoms with E-state index in [-0.39, 0.29) is 18.2 Å². The first kappa shape index (κ1) is 17.1. The Labute approximate surface area is 166 Å². The van der Waals surface area contributed by atoms with Crippen LogP contribution in [0.2, 0.25) is 0 Å². The maximum atomic E-state index is 12.9. The number of carbonyl (C=O) groups is 2. The first-order valence-corrected chi connectivity index (χ1v) is 10.3. The van der Waals surface area contributed by atoms with Crippen molar-refractivity contribution < 1.29 is 9.59 Å². The number of fused-ring (bicyclic) bond motifs is 2. The molecule has 0 bridgehead atoms. The zero-order chi connectivity index (χ0) is 19.1. The molecule has 2 heterocycles. The molecule has 2 amide bonds. The van der Waals surface area contributed by atoms with Crippen LogP contribution in [0.5, 0.6) is 0 Å².